The minimum Gasteiger partial charge on any atom is -0.461 e. The largest absolute Gasteiger partial charge is 0.461 e. The minimum atomic E-state index is -0.509. The van der Waals surface area contributed by atoms with Gasteiger partial charge in [0.05, 0.1) is 6.42 Å². The van der Waals surface area contributed by atoms with Crippen molar-refractivity contribution in [2.75, 3.05) is 33.8 Å². The fourth-order valence-electron chi connectivity index (χ4n) is 4.20. The minimum absolute atomic E-state index is 0.0115. The summed E-state index contributed by atoms with van der Waals surface area (Å²) in [7, 11) is 4.16. The zero-order valence-corrected chi connectivity index (χ0v) is 20.7. The number of nitrogens with one attached hydrogen (secondary N) is 1. The molecule has 180 valence electrons. The second-order valence-electron chi connectivity index (χ2n) is 9.27. The van der Waals surface area contributed by atoms with Crippen molar-refractivity contribution in [2.24, 2.45) is 17.8 Å². The summed E-state index contributed by atoms with van der Waals surface area (Å²) in [5, 5.41) is 2.81. The van der Waals surface area contributed by atoms with Crippen LogP contribution in [-0.2, 0) is 9.53 Å². The van der Waals surface area contributed by atoms with E-state index in [0.29, 0.717) is 30.0 Å². The molecule has 0 aliphatic heterocycles. The molecule has 0 saturated heterocycles. The maximum Gasteiger partial charge on any atom is 0.412 e. The molecule has 0 radical (unpaired) electrons. The lowest BCUT2D eigenvalue weighted by atomic mass is 9.85. The number of carbonyl (C=O) groups is 2. The van der Waals surface area contributed by atoms with Gasteiger partial charge in [-0.05, 0) is 68.3 Å². The van der Waals surface area contributed by atoms with Crippen molar-refractivity contribution in [3.8, 4) is 5.75 Å². The highest BCUT2D eigenvalue weighted by Crippen LogP contribution is 2.30. The maximum atomic E-state index is 12.4. The van der Waals surface area contributed by atoms with Gasteiger partial charge in [0.15, 0.2) is 0 Å². The predicted molar refractivity (Wildman–Crippen MR) is 130 cm³/mol. The molecule has 1 aromatic rings. The highest BCUT2D eigenvalue weighted by molar-refractivity contribution is 5.71. The quantitative estimate of drug-likeness (QED) is 0.312. The molecule has 0 aliphatic rings. The Morgan fingerprint density at radius 1 is 1.22 bits per heavy atom. The third-order valence-electron chi connectivity index (χ3n) is 5.43. The molecule has 0 unspecified atom stereocenters. The lowest BCUT2D eigenvalue weighted by molar-refractivity contribution is -0.143. The van der Waals surface area contributed by atoms with Crippen LogP contribution in [0.5, 0.6) is 5.75 Å². The molecular formula is C26H42N2O4. The van der Waals surface area contributed by atoms with E-state index < -0.39 is 6.09 Å². The number of ether oxygens (including phenoxy) is 2. The Bertz CT molecular complexity index is 718. The van der Waals surface area contributed by atoms with Crippen LogP contribution in [0.3, 0.4) is 0 Å². The summed E-state index contributed by atoms with van der Waals surface area (Å²) in [6.07, 6.45) is 3.11. The van der Waals surface area contributed by atoms with Crippen LogP contribution < -0.4 is 10.1 Å². The molecule has 0 fully saturated rings. The molecule has 0 aliphatic carbocycles. The van der Waals surface area contributed by atoms with Gasteiger partial charge in [-0.25, -0.2) is 4.79 Å². The molecule has 0 aromatic heterocycles. The van der Waals surface area contributed by atoms with Crippen molar-refractivity contribution in [2.45, 2.75) is 52.9 Å². The van der Waals surface area contributed by atoms with Crippen LogP contribution in [0.4, 0.5) is 4.79 Å². The van der Waals surface area contributed by atoms with E-state index in [1.165, 1.54) is 5.56 Å². The Morgan fingerprint density at radius 3 is 2.53 bits per heavy atom. The summed E-state index contributed by atoms with van der Waals surface area (Å²) >= 11 is 0. The predicted octanol–water partition coefficient (Wildman–Crippen LogP) is 5.25. The molecule has 1 amide bonds. The Kier molecular flexibility index (Phi) is 12.7. The van der Waals surface area contributed by atoms with E-state index in [1.54, 1.807) is 12.1 Å². The second-order valence-corrected chi connectivity index (χ2v) is 9.27. The normalized spacial score (nSPS) is 14.0. The Hall–Kier alpha value is -2.34. The van der Waals surface area contributed by atoms with Gasteiger partial charge in [0, 0.05) is 13.1 Å². The van der Waals surface area contributed by atoms with Gasteiger partial charge in [-0.2, -0.15) is 0 Å². The highest BCUT2D eigenvalue weighted by Gasteiger charge is 2.20. The molecule has 0 saturated carbocycles. The first kappa shape index (κ1) is 27.7. The summed E-state index contributed by atoms with van der Waals surface area (Å²) in [5.41, 5.74) is 1.18. The van der Waals surface area contributed by atoms with Crippen molar-refractivity contribution < 1.29 is 19.1 Å². The van der Waals surface area contributed by atoms with Crippen LogP contribution in [0.2, 0.25) is 0 Å². The molecule has 1 aromatic carbocycles. The third kappa shape index (κ3) is 10.8. The van der Waals surface area contributed by atoms with E-state index in [9.17, 15) is 9.59 Å². The summed E-state index contributed by atoms with van der Waals surface area (Å²) in [5.74, 6) is 1.51. The van der Waals surface area contributed by atoms with E-state index in [4.69, 9.17) is 9.47 Å². The molecule has 0 spiro atoms. The van der Waals surface area contributed by atoms with Crippen LogP contribution in [0, 0.1) is 17.8 Å². The van der Waals surface area contributed by atoms with Gasteiger partial charge < -0.3 is 19.7 Å². The summed E-state index contributed by atoms with van der Waals surface area (Å²) < 4.78 is 10.6. The number of esters is 1. The SMILES string of the molecule is C=CCOC(=O)C[C@H](CNC(=O)Oc1cccc([C@@H](CC)[C@@H](C)CN(C)C)c1)CC(C)C. The van der Waals surface area contributed by atoms with Gasteiger partial charge >= 0.3 is 12.1 Å². The highest BCUT2D eigenvalue weighted by atomic mass is 16.6. The molecule has 6 nitrogen and oxygen atoms in total. The summed E-state index contributed by atoms with van der Waals surface area (Å²) in [6, 6.07) is 7.78. The van der Waals surface area contributed by atoms with Crippen molar-refractivity contribution in [3.63, 3.8) is 0 Å². The number of hydrogen-bond acceptors (Lipinski definition) is 5. The molecular weight excluding hydrogens is 404 g/mol. The molecule has 0 bridgehead atoms. The van der Waals surface area contributed by atoms with Crippen LogP contribution in [-0.4, -0.2) is 50.8 Å². The fraction of sp³-hybridized carbons (Fsp3) is 0.615. The van der Waals surface area contributed by atoms with Crippen LogP contribution in [0.15, 0.2) is 36.9 Å². The number of rotatable bonds is 14. The zero-order chi connectivity index (χ0) is 24.1. The van der Waals surface area contributed by atoms with Gasteiger partial charge in [0.2, 0.25) is 0 Å². The van der Waals surface area contributed by atoms with Gasteiger partial charge in [-0.15, -0.1) is 0 Å². The number of hydrogen-bond donors (Lipinski definition) is 1. The molecule has 3 atom stereocenters. The number of nitrogens with zero attached hydrogens (tertiary/aromatic N) is 1. The zero-order valence-electron chi connectivity index (χ0n) is 20.7. The molecule has 1 N–H and O–H groups in total. The standard InChI is InChI=1S/C26H42N2O4/c1-8-13-31-25(29)15-21(14-19(3)4)17-27-26(30)32-23-12-10-11-22(16-23)24(9-2)20(5)18-28(6)7/h8,10-12,16,19-21,24H,1,9,13-15,17-18H2,2-7H3,(H,27,30)/t20-,21+,24-/m0/s1. The lowest BCUT2D eigenvalue weighted by Crippen LogP contribution is -2.33. The maximum absolute atomic E-state index is 12.4. The van der Waals surface area contributed by atoms with Crippen molar-refractivity contribution in [1.82, 2.24) is 10.2 Å². The third-order valence-corrected chi connectivity index (χ3v) is 5.43. The van der Waals surface area contributed by atoms with Crippen LogP contribution in [0.25, 0.3) is 0 Å². The fourth-order valence-corrected chi connectivity index (χ4v) is 4.20. The topological polar surface area (TPSA) is 67.9 Å². The van der Waals surface area contributed by atoms with Crippen molar-refractivity contribution in [3.05, 3.63) is 42.5 Å². The van der Waals surface area contributed by atoms with E-state index in [1.807, 2.05) is 12.1 Å². The van der Waals surface area contributed by atoms with Gasteiger partial charge in [-0.1, -0.05) is 52.5 Å². The van der Waals surface area contributed by atoms with Gasteiger partial charge in [0.1, 0.15) is 12.4 Å². The van der Waals surface area contributed by atoms with Crippen molar-refractivity contribution >= 4 is 12.1 Å². The van der Waals surface area contributed by atoms with Crippen molar-refractivity contribution in [1.29, 1.82) is 0 Å². The first-order chi connectivity index (χ1) is 15.2. The van der Waals surface area contributed by atoms with Gasteiger partial charge in [-0.3, -0.25) is 4.79 Å². The Labute approximate surface area is 194 Å². The Morgan fingerprint density at radius 2 is 1.94 bits per heavy atom. The number of benzene rings is 1. The van der Waals surface area contributed by atoms with E-state index >= 15 is 0 Å². The molecule has 6 heteroatoms. The van der Waals surface area contributed by atoms with Gasteiger partial charge in [0.25, 0.3) is 0 Å². The van der Waals surface area contributed by atoms with Crippen LogP contribution in [0.1, 0.15) is 58.4 Å². The monoisotopic (exact) mass is 446 g/mol. The van der Waals surface area contributed by atoms with Crippen LogP contribution >= 0.6 is 0 Å². The van der Waals surface area contributed by atoms with E-state index in [2.05, 4.69) is 64.7 Å². The average molecular weight is 447 g/mol. The number of carbonyl (C=O) groups excluding carboxylic acids is 2. The smallest absolute Gasteiger partial charge is 0.412 e. The number of amides is 1. The average Bonchev–Trinajstić information content (AvgIpc) is 2.70. The molecule has 1 rings (SSSR count). The molecule has 32 heavy (non-hydrogen) atoms. The lowest BCUT2D eigenvalue weighted by Gasteiger charge is -2.26. The Balaban J connectivity index is 2.71. The van der Waals surface area contributed by atoms with E-state index in [0.717, 1.165) is 19.4 Å². The summed E-state index contributed by atoms with van der Waals surface area (Å²) in [4.78, 5) is 26.6. The second kappa shape index (κ2) is 14.7. The summed E-state index contributed by atoms with van der Waals surface area (Å²) in [6.45, 7) is 13.7. The van der Waals surface area contributed by atoms with E-state index in [-0.39, 0.29) is 24.9 Å². The first-order valence-corrected chi connectivity index (χ1v) is 11.6. The molecule has 0 heterocycles. The first-order valence-electron chi connectivity index (χ1n) is 11.6.